The minimum atomic E-state index is -0.294. The fraction of sp³-hybridized carbons (Fsp3) is 0.500. The molecule has 0 N–H and O–H groups in total. The lowest BCUT2D eigenvalue weighted by Crippen LogP contribution is -2.34. The first-order valence-electron chi connectivity index (χ1n) is 7.34. The lowest BCUT2D eigenvalue weighted by atomic mass is 10.2. The van der Waals surface area contributed by atoms with Crippen LogP contribution < -0.4 is 0 Å². The fourth-order valence-electron chi connectivity index (χ4n) is 2.51. The molecule has 1 saturated heterocycles. The third kappa shape index (κ3) is 4.55. The van der Waals surface area contributed by atoms with Gasteiger partial charge in [-0.05, 0) is 30.5 Å². The highest BCUT2D eigenvalue weighted by Gasteiger charge is 2.19. The van der Waals surface area contributed by atoms with Crippen molar-refractivity contribution in [3.63, 3.8) is 0 Å². The Bertz CT molecular complexity index is 496. The van der Waals surface area contributed by atoms with E-state index in [1.54, 1.807) is 17.0 Å². The summed E-state index contributed by atoms with van der Waals surface area (Å²) >= 11 is 0. The van der Waals surface area contributed by atoms with Crippen molar-refractivity contribution in [2.45, 2.75) is 32.7 Å². The van der Waals surface area contributed by atoms with E-state index in [1.165, 1.54) is 19.1 Å². The quantitative estimate of drug-likeness (QED) is 0.834. The third-order valence-electron chi connectivity index (χ3n) is 3.79. The summed E-state index contributed by atoms with van der Waals surface area (Å²) < 4.78 is 12.9. The zero-order valence-electron chi connectivity index (χ0n) is 12.3. The number of halogens is 1. The lowest BCUT2D eigenvalue weighted by molar-refractivity contribution is -0.133. The van der Waals surface area contributed by atoms with Crippen LogP contribution in [0, 0.1) is 5.82 Å². The molecule has 1 aliphatic heterocycles. The molecule has 5 heteroatoms. The third-order valence-corrected chi connectivity index (χ3v) is 3.79. The van der Waals surface area contributed by atoms with Crippen molar-refractivity contribution in [2.24, 2.45) is 0 Å². The smallest absolute Gasteiger partial charge is 0.224 e. The summed E-state index contributed by atoms with van der Waals surface area (Å²) in [6, 6.07) is 6.08. The van der Waals surface area contributed by atoms with E-state index < -0.39 is 0 Å². The first kappa shape index (κ1) is 15.5. The Morgan fingerprint density at radius 1 is 1.19 bits per heavy atom. The standard InChI is InChI=1S/C16H21FN2O2/c1-13(20)19(12-14-4-6-15(17)7-5-14)11-8-16(21)18-9-2-3-10-18/h4-7H,2-3,8-12H2,1H3. The molecular formula is C16H21FN2O2. The monoisotopic (exact) mass is 292 g/mol. The largest absolute Gasteiger partial charge is 0.343 e. The van der Waals surface area contributed by atoms with Gasteiger partial charge in [0, 0.05) is 39.5 Å². The van der Waals surface area contributed by atoms with Gasteiger partial charge in [-0.25, -0.2) is 4.39 Å². The maximum absolute atomic E-state index is 12.9. The Labute approximate surface area is 124 Å². The van der Waals surface area contributed by atoms with Crippen molar-refractivity contribution in [3.05, 3.63) is 35.6 Å². The number of hydrogen-bond donors (Lipinski definition) is 0. The number of rotatable bonds is 5. The van der Waals surface area contributed by atoms with Crippen LogP contribution >= 0.6 is 0 Å². The molecule has 4 nitrogen and oxygen atoms in total. The molecule has 0 aliphatic carbocycles. The number of carbonyl (C=O) groups is 2. The van der Waals surface area contributed by atoms with Gasteiger partial charge in [0.25, 0.3) is 0 Å². The van der Waals surface area contributed by atoms with Crippen LogP contribution in [0.1, 0.15) is 31.7 Å². The van der Waals surface area contributed by atoms with Gasteiger partial charge >= 0.3 is 0 Å². The molecule has 0 spiro atoms. The van der Waals surface area contributed by atoms with Gasteiger partial charge in [-0.2, -0.15) is 0 Å². The van der Waals surface area contributed by atoms with Crippen LogP contribution in [-0.4, -0.2) is 41.2 Å². The Hall–Kier alpha value is -1.91. The van der Waals surface area contributed by atoms with Gasteiger partial charge in [0.2, 0.25) is 11.8 Å². The van der Waals surface area contributed by atoms with Gasteiger partial charge in [0.15, 0.2) is 0 Å². The molecule has 0 saturated carbocycles. The molecule has 0 atom stereocenters. The zero-order chi connectivity index (χ0) is 15.2. The van der Waals surface area contributed by atoms with Crippen molar-refractivity contribution in [1.82, 2.24) is 9.80 Å². The molecule has 1 aliphatic rings. The fourth-order valence-corrected chi connectivity index (χ4v) is 2.51. The highest BCUT2D eigenvalue weighted by molar-refractivity contribution is 5.78. The van der Waals surface area contributed by atoms with Gasteiger partial charge in [-0.15, -0.1) is 0 Å². The second-order valence-corrected chi connectivity index (χ2v) is 5.40. The average molecular weight is 292 g/mol. The Kier molecular flexibility index (Phi) is 5.31. The minimum Gasteiger partial charge on any atom is -0.343 e. The predicted octanol–water partition coefficient (Wildman–Crippen LogP) is 2.19. The zero-order valence-corrected chi connectivity index (χ0v) is 12.3. The molecule has 2 amide bonds. The van der Waals surface area contributed by atoms with E-state index >= 15 is 0 Å². The van der Waals surface area contributed by atoms with E-state index in [1.807, 2.05) is 4.90 Å². The number of benzene rings is 1. The molecule has 21 heavy (non-hydrogen) atoms. The molecule has 1 heterocycles. The van der Waals surface area contributed by atoms with E-state index in [9.17, 15) is 14.0 Å². The predicted molar refractivity (Wildman–Crippen MR) is 77.9 cm³/mol. The SMILES string of the molecule is CC(=O)N(CCC(=O)N1CCCC1)Cc1ccc(F)cc1. The van der Waals surface area contributed by atoms with Crippen LogP contribution in [0.3, 0.4) is 0 Å². The van der Waals surface area contributed by atoms with Gasteiger partial charge in [-0.1, -0.05) is 12.1 Å². The van der Waals surface area contributed by atoms with Gasteiger partial charge in [0.1, 0.15) is 5.82 Å². The van der Waals surface area contributed by atoms with E-state index in [4.69, 9.17) is 0 Å². The Morgan fingerprint density at radius 3 is 2.38 bits per heavy atom. The van der Waals surface area contributed by atoms with Crippen LogP contribution in [0.15, 0.2) is 24.3 Å². The number of likely N-dealkylation sites (tertiary alicyclic amines) is 1. The first-order valence-corrected chi connectivity index (χ1v) is 7.34. The molecule has 2 rings (SSSR count). The van der Waals surface area contributed by atoms with Crippen molar-refractivity contribution >= 4 is 11.8 Å². The summed E-state index contributed by atoms with van der Waals surface area (Å²) in [5, 5.41) is 0. The topological polar surface area (TPSA) is 40.6 Å². The molecule has 0 bridgehead atoms. The van der Waals surface area contributed by atoms with Crippen LogP contribution in [0.25, 0.3) is 0 Å². The average Bonchev–Trinajstić information content (AvgIpc) is 2.99. The Morgan fingerprint density at radius 2 is 1.81 bits per heavy atom. The number of nitrogens with zero attached hydrogens (tertiary/aromatic N) is 2. The summed E-state index contributed by atoms with van der Waals surface area (Å²) in [4.78, 5) is 27.2. The summed E-state index contributed by atoms with van der Waals surface area (Å²) in [5.41, 5.74) is 0.861. The molecule has 1 aromatic carbocycles. The molecule has 0 radical (unpaired) electrons. The van der Waals surface area contributed by atoms with Crippen molar-refractivity contribution < 1.29 is 14.0 Å². The Balaban J connectivity index is 1.88. The van der Waals surface area contributed by atoms with Gasteiger partial charge in [-0.3, -0.25) is 9.59 Å². The summed E-state index contributed by atoms with van der Waals surface area (Å²) in [5.74, 6) is -0.260. The second kappa shape index (κ2) is 7.20. The van der Waals surface area contributed by atoms with Crippen LogP contribution in [0.2, 0.25) is 0 Å². The van der Waals surface area contributed by atoms with Gasteiger partial charge in [0.05, 0.1) is 0 Å². The number of amides is 2. The molecule has 114 valence electrons. The van der Waals surface area contributed by atoms with E-state index in [-0.39, 0.29) is 17.6 Å². The summed E-state index contributed by atoms with van der Waals surface area (Å²) in [6.45, 7) is 3.96. The molecule has 1 aromatic rings. The highest BCUT2D eigenvalue weighted by atomic mass is 19.1. The van der Waals surface area contributed by atoms with E-state index in [0.717, 1.165) is 31.5 Å². The molecule has 1 fully saturated rings. The lowest BCUT2D eigenvalue weighted by Gasteiger charge is -2.22. The highest BCUT2D eigenvalue weighted by Crippen LogP contribution is 2.11. The van der Waals surface area contributed by atoms with Crippen molar-refractivity contribution in [3.8, 4) is 0 Å². The number of carbonyl (C=O) groups excluding carboxylic acids is 2. The maximum atomic E-state index is 12.9. The van der Waals surface area contributed by atoms with E-state index in [2.05, 4.69) is 0 Å². The van der Waals surface area contributed by atoms with Gasteiger partial charge < -0.3 is 9.80 Å². The van der Waals surface area contributed by atoms with Crippen molar-refractivity contribution in [2.75, 3.05) is 19.6 Å². The first-order chi connectivity index (χ1) is 10.1. The normalized spacial score (nSPS) is 14.3. The summed E-state index contributed by atoms with van der Waals surface area (Å²) in [6.07, 6.45) is 2.48. The van der Waals surface area contributed by atoms with Crippen LogP contribution in [-0.2, 0) is 16.1 Å². The molecular weight excluding hydrogens is 271 g/mol. The van der Waals surface area contributed by atoms with Crippen molar-refractivity contribution in [1.29, 1.82) is 0 Å². The summed E-state index contributed by atoms with van der Waals surface area (Å²) in [7, 11) is 0. The molecule has 0 unspecified atom stereocenters. The van der Waals surface area contributed by atoms with Crippen LogP contribution in [0.5, 0.6) is 0 Å². The second-order valence-electron chi connectivity index (χ2n) is 5.40. The minimum absolute atomic E-state index is 0.0754. The van der Waals surface area contributed by atoms with Crippen LogP contribution in [0.4, 0.5) is 4.39 Å². The van der Waals surface area contributed by atoms with E-state index in [0.29, 0.717) is 19.5 Å². The number of hydrogen-bond acceptors (Lipinski definition) is 2. The molecule has 0 aromatic heterocycles. The maximum Gasteiger partial charge on any atom is 0.224 e.